The molecule has 136 valence electrons. The topological polar surface area (TPSA) is 99.8 Å². The summed E-state index contributed by atoms with van der Waals surface area (Å²) in [5.41, 5.74) is 12.9. The summed E-state index contributed by atoms with van der Waals surface area (Å²) >= 11 is 5.48. The first kappa shape index (κ1) is 18.2. The van der Waals surface area contributed by atoms with Crippen LogP contribution in [0.5, 0.6) is 0 Å². The number of fused-ring (bicyclic) bond motifs is 1. The average Bonchev–Trinajstić information content (AvgIpc) is 3.43. The molecule has 1 aromatic carbocycles. The Hall–Kier alpha value is -2.60. The SMILES string of the molecule is CCc1cc2cccc(C)c2c(=O)n1C1CC1.Nc1ncc(Cl)c(N)n1. The van der Waals surface area contributed by atoms with Gasteiger partial charge in [-0.25, -0.2) is 4.98 Å². The number of rotatable bonds is 2. The van der Waals surface area contributed by atoms with Gasteiger partial charge >= 0.3 is 0 Å². The van der Waals surface area contributed by atoms with E-state index in [2.05, 4.69) is 23.0 Å². The fraction of sp³-hybridized carbons (Fsp3) is 0.316. The molecule has 0 saturated heterocycles. The highest BCUT2D eigenvalue weighted by molar-refractivity contribution is 6.32. The van der Waals surface area contributed by atoms with Gasteiger partial charge in [0.15, 0.2) is 0 Å². The summed E-state index contributed by atoms with van der Waals surface area (Å²) in [4.78, 5) is 19.8. The van der Waals surface area contributed by atoms with Crippen LogP contribution in [0, 0.1) is 6.92 Å². The zero-order valence-electron chi connectivity index (χ0n) is 14.9. The molecule has 1 fully saturated rings. The average molecular weight is 372 g/mol. The summed E-state index contributed by atoms with van der Waals surface area (Å²) in [5.74, 6) is 0.348. The maximum atomic E-state index is 12.6. The minimum atomic E-state index is 0.136. The molecule has 1 aliphatic carbocycles. The Morgan fingerprint density at radius 1 is 1.31 bits per heavy atom. The van der Waals surface area contributed by atoms with Gasteiger partial charge in [0.1, 0.15) is 10.8 Å². The number of benzene rings is 1. The number of nitrogen functional groups attached to an aromatic ring is 2. The maximum Gasteiger partial charge on any atom is 0.259 e. The molecule has 26 heavy (non-hydrogen) atoms. The number of anilines is 2. The van der Waals surface area contributed by atoms with Crippen molar-refractivity contribution in [1.29, 1.82) is 0 Å². The van der Waals surface area contributed by atoms with E-state index >= 15 is 0 Å². The molecule has 0 bridgehead atoms. The largest absolute Gasteiger partial charge is 0.382 e. The van der Waals surface area contributed by atoms with Crippen LogP contribution in [0.4, 0.5) is 11.8 Å². The van der Waals surface area contributed by atoms with Crippen molar-refractivity contribution >= 4 is 34.1 Å². The van der Waals surface area contributed by atoms with Crippen LogP contribution in [0.3, 0.4) is 0 Å². The second-order valence-electron chi connectivity index (χ2n) is 6.40. The van der Waals surface area contributed by atoms with E-state index in [1.807, 2.05) is 29.7 Å². The second-order valence-corrected chi connectivity index (χ2v) is 6.80. The van der Waals surface area contributed by atoms with Crippen LogP contribution >= 0.6 is 11.6 Å². The standard InChI is InChI=1S/C15H17NO.C4H5ClN4/c1-3-12-9-11-6-4-5-10(2)14(11)15(17)16(12)13-7-8-13;5-2-1-8-4(7)9-3(2)6/h4-6,9,13H,3,7-8H2,1-2H3;1H,(H4,6,7,8,9). The maximum absolute atomic E-state index is 12.6. The van der Waals surface area contributed by atoms with Gasteiger partial charge in [0.05, 0.1) is 11.6 Å². The minimum absolute atomic E-state index is 0.136. The smallest absolute Gasteiger partial charge is 0.259 e. The highest BCUT2D eigenvalue weighted by Crippen LogP contribution is 2.35. The van der Waals surface area contributed by atoms with Crippen molar-refractivity contribution in [3.05, 3.63) is 57.1 Å². The van der Waals surface area contributed by atoms with E-state index in [4.69, 9.17) is 23.1 Å². The summed E-state index contributed by atoms with van der Waals surface area (Å²) in [7, 11) is 0. The molecule has 0 unspecified atom stereocenters. The first-order valence-corrected chi connectivity index (χ1v) is 8.97. The molecule has 3 aromatic rings. The van der Waals surface area contributed by atoms with E-state index in [0.717, 1.165) is 35.6 Å². The number of aryl methyl sites for hydroxylation is 2. The molecule has 0 atom stereocenters. The monoisotopic (exact) mass is 371 g/mol. The second kappa shape index (κ2) is 7.33. The molecular weight excluding hydrogens is 350 g/mol. The predicted molar refractivity (Wildman–Crippen MR) is 106 cm³/mol. The summed E-state index contributed by atoms with van der Waals surface area (Å²) < 4.78 is 2.02. The molecule has 0 radical (unpaired) electrons. The van der Waals surface area contributed by atoms with Crippen molar-refractivity contribution in [1.82, 2.24) is 14.5 Å². The van der Waals surface area contributed by atoms with Crippen LogP contribution in [0.15, 0.2) is 35.3 Å². The quantitative estimate of drug-likeness (QED) is 0.718. The van der Waals surface area contributed by atoms with Crippen LogP contribution in [0.2, 0.25) is 5.02 Å². The summed E-state index contributed by atoms with van der Waals surface area (Å²) in [6, 6.07) is 8.73. The van der Waals surface area contributed by atoms with Crippen LogP contribution in [0.25, 0.3) is 10.8 Å². The molecule has 1 saturated carbocycles. The van der Waals surface area contributed by atoms with Crippen LogP contribution < -0.4 is 17.0 Å². The Morgan fingerprint density at radius 2 is 2.04 bits per heavy atom. The van der Waals surface area contributed by atoms with Crippen molar-refractivity contribution in [2.45, 2.75) is 39.2 Å². The molecule has 7 heteroatoms. The third-order valence-electron chi connectivity index (χ3n) is 4.43. The lowest BCUT2D eigenvalue weighted by atomic mass is 10.1. The lowest BCUT2D eigenvalue weighted by Gasteiger charge is -2.13. The molecular formula is C19H22ClN5O. The van der Waals surface area contributed by atoms with Gasteiger partial charge in [0.2, 0.25) is 5.95 Å². The van der Waals surface area contributed by atoms with E-state index in [-0.39, 0.29) is 17.3 Å². The summed E-state index contributed by atoms with van der Waals surface area (Å²) in [5, 5.41) is 2.31. The molecule has 0 amide bonds. The Balaban J connectivity index is 0.000000185. The molecule has 2 heterocycles. The number of nitrogens with two attached hydrogens (primary N) is 2. The number of hydrogen-bond donors (Lipinski definition) is 2. The highest BCUT2D eigenvalue weighted by atomic mass is 35.5. The van der Waals surface area contributed by atoms with Crippen LogP contribution in [-0.2, 0) is 6.42 Å². The van der Waals surface area contributed by atoms with Gasteiger partial charge in [-0.05, 0) is 43.2 Å². The fourth-order valence-electron chi connectivity index (χ4n) is 3.00. The molecule has 6 nitrogen and oxygen atoms in total. The van der Waals surface area contributed by atoms with Gasteiger partial charge in [-0.2, -0.15) is 4.98 Å². The van der Waals surface area contributed by atoms with Crippen molar-refractivity contribution in [3.8, 4) is 0 Å². The zero-order valence-corrected chi connectivity index (χ0v) is 15.6. The Kier molecular flexibility index (Phi) is 5.13. The van der Waals surface area contributed by atoms with E-state index < -0.39 is 0 Å². The van der Waals surface area contributed by atoms with E-state index in [0.29, 0.717) is 11.1 Å². The molecule has 4 rings (SSSR count). The van der Waals surface area contributed by atoms with Crippen molar-refractivity contribution < 1.29 is 0 Å². The van der Waals surface area contributed by atoms with E-state index in [9.17, 15) is 4.79 Å². The summed E-state index contributed by atoms with van der Waals surface area (Å²) in [6.45, 7) is 4.14. The highest BCUT2D eigenvalue weighted by Gasteiger charge is 2.27. The van der Waals surface area contributed by atoms with Gasteiger partial charge in [0.25, 0.3) is 5.56 Å². The van der Waals surface area contributed by atoms with Gasteiger partial charge in [-0.3, -0.25) is 4.79 Å². The van der Waals surface area contributed by atoms with E-state index in [1.54, 1.807) is 0 Å². The van der Waals surface area contributed by atoms with Crippen molar-refractivity contribution in [2.24, 2.45) is 0 Å². The van der Waals surface area contributed by atoms with Crippen LogP contribution in [0.1, 0.15) is 37.1 Å². The number of aromatic nitrogens is 3. The molecule has 0 aliphatic heterocycles. The van der Waals surface area contributed by atoms with Gasteiger partial charge < -0.3 is 16.0 Å². The van der Waals surface area contributed by atoms with E-state index in [1.165, 1.54) is 11.9 Å². The van der Waals surface area contributed by atoms with Crippen molar-refractivity contribution in [2.75, 3.05) is 11.5 Å². The number of pyridine rings is 1. The third kappa shape index (κ3) is 3.65. The molecule has 4 N–H and O–H groups in total. The number of nitrogens with zero attached hydrogens (tertiary/aromatic N) is 3. The van der Waals surface area contributed by atoms with Gasteiger partial charge in [0, 0.05) is 11.7 Å². The van der Waals surface area contributed by atoms with Crippen LogP contribution in [-0.4, -0.2) is 14.5 Å². The lowest BCUT2D eigenvalue weighted by Crippen LogP contribution is -2.23. The van der Waals surface area contributed by atoms with Gasteiger partial charge in [-0.1, -0.05) is 36.7 Å². The molecule has 1 aliphatic rings. The third-order valence-corrected chi connectivity index (χ3v) is 4.72. The zero-order chi connectivity index (χ0) is 18.8. The first-order chi connectivity index (χ1) is 12.4. The van der Waals surface area contributed by atoms with Crippen molar-refractivity contribution in [3.63, 3.8) is 0 Å². The van der Waals surface area contributed by atoms with Gasteiger partial charge in [-0.15, -0.1) is 0 Å². The Morgan fingerprint density at radius 3 is 2.62 bits per heavy atom. The minimum Gasteiger partial charge on any atom is -0.382 e. The first-order valence-electron chi connectivity index (χ1n) is 8.59. The Bertz CT molecular complexity index is 1010. The predicted octanol–water partition coefficient (Wildman–Crippen LogP) is 3.50. The summed E-state index contributed by atoms with van der Waals surface area (Å²) in [6.07, 6.45) is 4.60. The molecule has 0 spiro atoms. The normalized spacial score (nSPS) is 13.3. The molecule has 2 aromatic heterocycles. The number of hydrogen-bond acceptors (Lipinski definition) is 5. The number of halogens is 1. The fourth-order valence-corrected chi connectivity index (χ4v) is 3.09. The Labute approximate surface area is 156 Å². The lowest BCUT2D eigenvalue weighted by molar-refractivity contribution is 0.670.